The van der Waals surface area contributed by atoms with Crippen molar-refractivity contribution in [2.75, 3.05) is 31.6 Å². The fourth-order valence-corrected chi connectivity index (χ4v) is 3.56. The molecule has 120 valence electrons. The van der Waals surface area contributed by atoms with Crippen molar-refractivity contribution in [1.82, 2.24) is 4.31 Å². The number of benzene rings is 1. The first-order chi connectivity index (χ1) is 10.3. The molecule has 0 unspecified atom stereocenters. The van der Waals surface area contributed by atoms with Crippen molar-refractivity contribution in [3.8, 4) is 0 Å². The van der Waals surface area contributed by atoms with Crippen LogP contribution in [0.5, 0.6) is 0 Å². The summed E-state index contributed by atoms with van der Waals surface area (Å²) >= 11 is 0. The maximum atomic E-state index is 12.6. The van der Waals surface area contributed by atoms with Gasteiger partial charge in [-0.1, -0.05) is 0 Å². The predicted molar refractivity (Wildman–Crippen MR) is 77.3 cm³/mol. The van der Waals surface area contributed by atoms with Gasteiger partial charge in [0.2, 0.25) is 15.9 Å². The Morgan fingerprint density at radius 2 is 1.86 bits per heavy atom. The molecule has 22 heavy (non-hydrogen) atoms. The van der Waals surface area contributed by atoms with Crippen LogP contribution in [0.3, 0.4) is 0 Å². The minimum absolute atomic E-state index is 0.124. The average Bonchev–Trinajstić information content (AvgIpc) is 2.47. The van der Waals surface area contributed by atoms with Gasteiger partial charge in [-0.25, -0.2) is 13.2 Å². The molecule has 1 aromatic rings. The molecule has 0 atom stereocenters. The zero-order chi connectivity index (χ0) is 16.3. The van der Waals surface area contributed by atoms with Gasteiger partial charge in [-0.3, -0.25) is 4.79 Å². The molecule has 9 heteroatoms. The summed E-state index contributed by atoms with van der Waals surface area (Å²) in [6.45, 7) is 2.24. The van der Waals surface area contributed by atoms with Gasteiger partial charge in [0.15, 0.2) is 0 Å². The van der Waals surface area contributed by atoms with Crippen molar-refractivity contribution in [2.24, 2.45) is 0 Å². The van der Waals surface area contributed by atoms with Crippen LogP contribution in [0.25, 0.3) is 0 Å². The number of carbonyl (C=O) groups excluding carboxylic acids is 1. The molecule has 1 aliphatic rings. The number of nitrogens with zero attached hydrogens (tertiary/aromatic N) is 1. The summed E-state index contributed by atoms with van der Waals surface area (Å²) in [6.07, 6.45) is 0. The number of sulfonamides is 1. The third kappa shape index (κ3) is 3.62. The van der Waals surface area contributed by atoms with Crippen molar-refractivity contribution in [3.05, 3.63) is 23.8 Å². The van der Waals surface area contributed by atoms with Crippen LogP contribution >= 0.6 is 0 Å². The fourth-order valence-electron chi connectivity index (χ4n) is 2.08. The molecule has 0 aliphatic carbocycles. The van der Waals surface area contributed by atoms with Crippen LogP contribution in [0, 0.1) is 0 Å². The van der Waals surface area contributed by atoms with E-state index in [0.29, 0.717) is 0 Å². The van der Waals surface area contributed by atoms with E-state index in [4.69, 9.17) is 9.84 Å². The van der Waals surface area contributed by atoms with Crippen LogP contribution in [-0.2, 0) is 19.6 Å². The molecule has 8 nitrogen and oxygen atoms in total. The molecular weight excluding hydrogens is 312 g/mol. The van der Waals surface area contributed by atoms with Crippen LogP contribution in [0.1, 0.15) is 17.3 Å². The molecule has 2 N–H and O–H groups in total. The van der Waals surface area contributed by atoms with Crippen LogP contribution in [0.15, 0.2) is 23.1 Å². The number of amides is 1. The molecule has 1 fully saturated rings. The lowest BCUT2D eigenvalue weighted by molar-refractivity contribution is -0.114. The molecule has 0 radical (unpaired) electrons. The van der Waals surface area contributed by atoms with Gasteiger partial charge in [-0.15, -0.1) is 0 Å². The lowest BCUT2D eigenvalue weighted by Gasteiger charge is -2.26. The second kappa shape index (κ2) is 6.42. The van der Waals surface area contributed by atoms with E-state index in [0.717, 1.165) is 6.07 Å². The van der Waals surface area contributed by atoms with E-state index < -0.39 is 21.9 Å². The SMILES string of the molecule is CC(=O)Nc1cc(C(=O)O)cc(S(=O)(=O)N2CCOCC2)c1. The quantitative estimate of drug-likeness (QED) is 0.825. The number of hydrogen-bond donors (Lipinski definition) is 2. The van der Waals surface area contributed by atoms with Gasteiger partial charge in [-0.05, 0) is 18.2 Å². The summed E-state index contributed by atoms with van der Waals surface area (Å²) in [5.41, 5.74) is -0.0858. The monoisotopic (exact) mass is 328 g/mol. The van der Waals surface area contributed by atoms with Gasteiger partial charge in [0.25, 0.3) is 0 Å². The summed E-state index contributed by atoms with van der Waals surface area (Å²) in [5.74, 6) is -1.69. The van der Waals surface area contributed by atoms with Gasteiger partial charge in [0.1, 0.15) is 0 Å². The number of rotatable bonds is 4. The van der Waals surface area contributed by atoms with E-state index in [1.165, 1.54) is 23.4 Å². The molecular formula is C13H16N2O6S. The highest BCUT2D eigenvalue weighted by atomic mass is 32.2. The lowest BCUT2D eigenvalue weighted by Crippen LogP contribution is -2.40. The number of anilines is 1. The number of hydrogen-bond acceptors (Lipinski definition) is 5. The van der Waals surface area contributed by atoms with E-state index in [9.17, 15) is 18.0 Å². The molecule has 1 heterocycles. The van der Waals surface area contributed by atoms with Crippen LogP contribution in [-0.4, -0.2) is 56.0 Å². The number of carboxylic acids is 1. The fraction of sp³-hybridized carbons (Fsp3) is 0.385. The van der Waals surface area contributed by atoms with Crippen LogP contribution in [0.2, 0.25) is 0 Å². The summed E-state index contributed by atoms with van der Waals surface area (Å²) in [4.78, 5) is 22.1. The number of carbonyl (C=O) groups is 2. The second-order valence-corrected chi connectivity index (χ2v) is 6.69. The molecule has 0 saturated carbocycles. The Balaban J connectivity index is 2.45. The molecule has 0 spiro atoms. The van der Waals surface area contributed by atoms with Crippen molar-refractivity contribution in [1.29, 1.82) is 0 Å². The van der Waals surface area contributed by atoms with E-state index in [-0.39, 0.29) is 42.4 Å². The largest absolute Gasteiger partial charge is 0.478 e. The van der Waals surface area contributed by atoms with Gasteiger partial charge >= 0.3 is 5.97 Å². The average molecular weight is 328 g/mol. The maximum Gasteiger partial charge on any atom is 0.335 e. The Kier molecular flexibility index (Phi) is 4.79. The van der Waals surface area contributed by atoms with Crippen molar-refractivity contribution in [2.45, 2.75) is 11.8 Å². The number of nitrogens with one attached hydrogen (secondary N) is 1. The highest BCUT2D eigenvalue weighted by Crippen LogP contribution is 2.23. The topological polar surface area (TPSA) is 113 Å². The first kappa shape index (κ1) is 16.4. The molecule has 2 rings (SSSR count). The zero-order valence-electron chi connectivity index (χ0n) is 11.9. The van der Waals surface area contributed by atoms with Crippen LogP contribution in [0.4, 0.5) is 5.69 Å². The Bertz CT molecular complexity index is 694. The Morgan fingerprint density at radius 3 is 2.41 bits per heavy atom. The number of ether oxygens (including phenoxy) is 1. The maximum absolute atomic E-state index is 12.6. The van der Waals surface area contributed by atoms with Crippen molar-refractivity contribution < 1.29 is 27.9 Å². The first-order valence-electron chi connectivity index (χ1n) is 6.54. The van der Waals surface area contributed by atoms with E-state index in [1.54, 1.807) is 0 Å². The molecule has 0 aromatic heterocycles. The highest BCUT2D eigenvalue weighted by Gasteiger charge is 2.27. The predicted octanol–water partition coefficient (Wildman–Crippen LogP) is 0.364. The Morgan fingerprint density at radius 1 is 1.23 bits per heavy atom. The number of aromatic carboxylic acids is 1. The first-order valence-corrected chi connectivity index (χ1v) is 7.98. The highest BCUT2D eigenvalue weighted by molar-refractivity contribution is 7.89. The molecule has 0 bridgehead atoms. The van der Waals surface area contributed by atoms with Crippen molar-refractivity contribution in [3.63, 3.8) is 0 Å². The smallest absolute Gasteiger partial charge is 0.335 e. The Labute approximate surface area is 127 Å². The molecule has 1 amide bonds. The van der Waals surface area contributed by atoms with E-state index in [1.807, 2.05) is 0 Å². The standard InChI is InChI=1S/C13H16N2O6S/c1-9(16)14-11-6-10(13(17)18)7-12(8-11)22(19,20)15-2-4-21-5-3-15/h6-8H,2-5H2,1H3,(H,14,16)(H,17,18). The number of carboxylic acid groups (broad SMARTS) is 1. The van der Waals surface area contributed by atoms with Gasteiger partial charge in [-0.2, -0.15) is 4.31 Å². The van der Waals surface area contributed by atoms with Gasteiger partial charge in [0, 0.05) is 25.7 Å². The lowest BCUT2D eigenvalue weighted by atomic mass is 10.2. The molecule has 1 aromatic carbocycles. The summed E-state index contributed by atoms with van der Waals surface area (Å²) in [7, 11) is -3.84. The third-order valence-corrected chi connectivity index (χ3v) is 4.96. The number of morpholine rings is 1. The zero-order valence-corrected chi connectivity index (χ0v) is 12.7. The summed E-state index contributed by atoms with van der Waals surface area (Å²) in [5, 5.41) is 11.5. The normalized spacial score (nSPS) is 16.2. The molecule has 1 saturated heterocycles. The summed E-state index contributed by atoms with van der Waals surface area (Å²) in [6, 6.07) is 3.54. The second-order valence-electron chi connectivity index (χ2n) is 4.75. The van der Waals surface area contributed by atoms with E-state index in [2.05, 4.69) is 5.32 Å². The minimum Gasteiger partial charge on any atom is -0.478 e. The van der Waals surface area contributed by atoms with Crippen LogP contribution < -0.4 is 5.32 Å². The van der Waals surface area contributed by atoms with Crippen molar-refractivity contribution >= 4 is 27.6 Å². The van der Waals surface area contributed by atoms with Gasteiger partial charge in [0.05, 0.1) is 23.7 Å². The molecule has 1 aliphatic heterocycles. The minimum atomic E-state index is -3.84. The summed E-state index contributed by atoms with van der Waals surface area (Å²) < 4.78 is 31.5. The Hall–Kier alpha value is -1.97. The van der Waals surface area contributed by atoms with Gasteiger partial charge < -0.3 is 15.2 Å². The van der Waals surface area contributed by atoms with E-state index >= 15 is 0 Å². The third-order valence-electron chi connectivity index (χ3n) is 3.08.